The first-order valence-corrected chi connectivity index (χ1v) is 5.96. The highest BCUT2D eigenvalue weighted by molar-refractivity contribution is 5.95. The lowest BCUT2D eigenvalue weighted by Crippen LogP contribution is -2.37. The van der Waals surface area contributed by atoms with Gasteiger partial charge in [-0.1, -0.05) is 18.2 Å². The van der Waals surface area contributed by atoms with E-state index in [4.69, 9.17) is 4.74 Å². The predicted molar refractivity (Wildman–Crippen MR) is 70.3 cm³/mol. The molecule has 20 heavy (non-hydrogen) atoms. The number of aliphatic carboxylic acids is 1. The zero-order chi connectivity index (χ0) is 14.4. The molecule has 0 atom stereocenters. The Kier molecular flexibility index (Phi) is 4.34. The van der Waals surface area contributed by atoms with Crippen LogP contribution >= 0.6 is 0 Å². The summed E-state index contributed by atoms with van der Waals surface area (Å²) >= 11 is 0. The van der Waals surface area contributed by atoms with Crippen LogP contribution < -0.4 is 15.2 Å². The van der Waals surface area contributed by atoms with Crippen molar-refractivity contribution in [1.82, 2.24) is 5.32 Å². The molecular weight excluding hydrogens is 258 g/mol. The number of hydrogen-bond acceptors (Lipinski definition) is 4. The van der Waals surface area contributed by atoms with Crippen LogP contribution in [-0.4, -0.2) is 18.4 Å². The number of carbonyl (C=O) groups excluding carboxylic acids is 2. The first kappa shape index (κ1) is 13.6. The molecule has 0 fully saturated rings. The van der Waals surface area contributed by atoms with Gasteiger partial charge in [-0.15, -0.1) is 0 Å². The van der Waals surface area contributed by atoms with E-state index >= 15 is 0 Å². The zero-order valence-electron chi connectivity index (χ0n) is 10.5. The van der Waals surface area contributed by atoms with Gasteiger partial charge in [0.05, 0.1) is 12.5 Å². The van der Waals surface area contributed by atoms with Crippen molar-refractivity contribution in [2.75, 3.05) is 6.54 Å². The second-order valence-electron chi connectivity index (χ2n) is 3.99. The number of amides is 1. The normalized spacial score (nSPS) is 9.80. The third-order valence-electron chi connectivity index (χ3n) is 2.49. The van der Waals surface area contributed by atoms with Crippen LogP contribution in [0, 0.1) is 0 Å². The van der Waals surface area contributed by atoms with Gasteiger partial charge in [0.25, 0.3) is 5.91 Å². The fourth-order valence-corrected chi connectivity index (χ4v) is 1.55. The van der Waals surface area contributed by atoms with Crippen molar-refractivity contribution in [2.24, 2.45) is 0 Å². The second-order valence-corrected chi connectivity index (χ2v) is 3.99. The van der Waals surface area contributed by atoms with Crippen LogP contribution in [0.15, 0.2) is 54.6 Å². The molecule has 2 rings (SSSR count). The lowest BCUT2D eigenvalue weighted by Gasteiger charge is -2.08. The minimum atomic E-state index is -1.33. The van der Waals surface area contributed by atoms with Crippen LogP contribution in [-0.2, 0) is 4.79 Å². The fraction of sp³-hybridized carbons (Fsp3) is 0.0667. The Morgan fingerprint density at radius 3 is 2.15 bits per heavy atom. The summed E-state index contributed by atoms with van der Waals surface area (Å²) in [5.41, 5.74) is 0.353. The molecule has 0 aromatic heterocycles. The second kappa shape index (κ2) is 6.38. The summed E-state index contributed by atoms with van der Waals surface area (Å²) in [6.07, 6.45) is 0. The van der Waals surface area contributed by atoms with Crippen LogP contribution in [0.1, 0.15) is 10.4 Å². The molecule has 0 bridgehead atoms. The lowest BCUT2D eigenvalue weighted by atomic mass is 10.2. The Balaban J connectivity index is 1.99. The molecule has 5 heteroatoms. The van der Waals surface area contributed by atoms with E-state index in [2.05, 4.69) is 5.32 Å². The van der Waals surface area contributed by atoms with E-state index in [1.807, 2.05) is 30.3 Å². The van der Waals surface area contributed by atoms with Gasteiger partial charge in [0.1, 0.15) is 11.5 Å². The molecule has 5 nitrogen and oxygen atoms in total. The Bertz CT molecular complexity index is 593. The number of benzene rings is 2. The number of nitrogens with one attached hydrogen (secondary N) is 1. The van der Waals surface area contributed by atoms with Gasteiger partial charge in [0, 0.05) is 5.56 Å². The van der Waals surface area contributed by atoms with E-state index in [0.717, 1.165) is 0 Å². The SMILES string of the molecule is O=C([O-])CNC(=O)c1ccc(Oc2ccccc2)cc1. The van der Waals surface area contributed by atoms with Crippen molar-refractivity contribution in [2.45, 2.75) is 0 Å². The van der Waals surface area contributed by atoms with E-state index in [1.54, 1.807) is 24.3 Å². The molecule has 1 amide bonds. The van der Waals surface area contributed by atoms with Crippen LogP contribution in [0.25, 0.3) is 0 Å². The molecule has 0 aliphatic heterocycles. The highest BCUT2D eigenvalue weighted by Crippen LogP contribution is 2.20. The largest absolute Gasteiger partial charge is 0.548 e. The van der Waals surface area contributed by atoms with Gasteiger partial charge in [0.2, 0.25) is 0 Å². The predicted octanol–water partition coefficient (Wildman–Crippen LogP) is 0.959. The van der Waals surface area contributed by atoms with Crippen molar-refractivity contribution in [1.29, 1.82) is 0 Å². The average molecular weight is 270 g/mol. The molecule has 0 aliphatic rings. The Morgan fingerprint density at radius 2 is 1.55 bits per heavy atom. The molecule has 0 radical (unpaired) electrons. The number of para-hydroxylation sites is 1. The maximum absolute atomic E-state index is 11.6. The summed E-state index contributed by atoms with van der Waals surface area (Å²) in [4.78, 5) is 21.8. The third-order valence-corrected chi connectivity index (χ3v) is 2.49. The number of rotatable bonds is 5. The highest BCUT2D eigenvalue weighted by atomic mass is 16.5. The first-order valence-electron chi connectivity index (χ1n) is 5.96. The van der Waals surface area contributed by atoms with Gasteiger partial charge in [-0.3, -0.25) is 4.79 Å². The third kappa shape index (κ3) is 3.84. The monoisotopic (exact) mass is 270 g/mol. The van der Waals surface area contributed by atoms with Gasteiger partial charge in [-0.2, -0.15) is 0 Å². The maximum atomic E-state index is 11.6. The summed E-state index contributed by atoms with van der Waals surface area (Å²) in [5.74, 6) is -0.517. The van der Waals surface area contributed by atoms with E-state index < -0.39 is 18.4 Å². The zero-order valence-corrected chi connectivity index (χ0v) is 10.5. The molecule has 0 unspecified atom stereocenters. The van der Waals surface area contributed by atoms with Gasteiger partial charge < -0.3 is 20.0 Å². The summed E-state index contributed by atoms with van der Waals surface area (Å²) < 4.78 is 5.58. The van der Waals surface area contributed by atoms with Crippen LogP contribution in [0.3, 0.4) is 0 Å². The van der Waals surface area contributed by atoms with Gasteiger partial charge in [0.15, 0.2) is 0 Å². The van der Waals surface area contributed by atoms with Crippen molar-refractivity contribution in [3.63, 3.8) is 0 Å². The molecule has 0 spiro atoms. The van der Waals surface area contributed by atoms with Gasteiger partial charge >= 0.3 is 0 Å². The summed E-state index contributed by atoms with van der Waals surface area (Å²) in [5, 5.41) is 12.5. The highest BCUT2D eigenvalue weighted by Gasteiger charge is 2.05. The molecule has 2 aromatic carbocycles. The smallest absolute Gasteiger partial charge is 0.251 e. The average Bonchev–Trinajstić information content (AvgIpc) is 2.46. The quantitative estimate of drug-likeness (QED) is 0.877. The van der Waals surface area contributed by atoms with Crippen molar-refractivity contribution in [3.8, 4) is 11.5 Å². The van der Waals surface area contributed by atoms with E-state index in [9.17, 15) is 14.7 Å². The number of carboxylic acid groups (broad SMARTS) is 1. The summed E-state index contributed by atoms with van der Waals surface area (Å²) in [6, 6.07) is 15.6. The topological polar surface area (TPSA) is 78.5 Å². The Hall–Kier alpha value is -2.82. The molecule has 0 saturated carbocycles. The van der Waals surface area contributed by atoms with Gasteiger partial charge in [-0.25, -0.2) is 0 Å². The summed E-state index contributed by atoms with van der Waals surface area (Å²) in [6.45, 7) is -0.513. The molecule has 0 saturated heterocycles. The van der Waals surface area contributed by atoms with Crippen LogP contribution in [0.5, 0.6) is 11.5 Å². The molecule has 0 aliphatic carbocycles. The lowest BCUT2D eigenvalue weighted by molar-refractivity contribution is -0.303. The fourth-order valence-electron chi connectivity index (χ4n) is 1.55. The minimum absolute atomic E-state index is 0.353. The molecule has 102 valence electrons. The van der Waals surface area contributed by atoms with Crippen molar-refractivity contribution >= 4 is 11.9 Å². The van der Waals surface area contributed by atoms with E-state index in [1.165, 1.54) is 0 Å². The van der Waals surface area contributed by atoms with Crippen LogP contribution in [0.4, 0.5) is 0 Å². The number of carboxylic acids is 1. The minimum Gasteiger partial charge on any atom is -0.548 e. The first-order chi connectivity index (χ1) is 9.65. The van der Waals surface area contributed by atoms with Crippen molar-refractivity contribution < 1.29 is 19.4 Å². The number of carbonyl (C=O) groups is 2. The number of hydrogen-bond donors (Lipinski definition) is 1. The van der Waals surface area contributed by atoms with E-state index in [0.29, 0.717) is 17.1 Å². The molecule has 1 N–H and O–H groups in total. The molecular formula is C15H12NO4-. The molecule has 0 heterocycles. The van der Waals surface area contributed by atoms with Gasteiger partial charge in [-0.05, 0) is 36.4 Å². The number of ether oxygens (including phenoxy) is 1. The Morgan fingerprint density at radius 1 is 0.950 bits per heavy atom. The maximum Gasteiger partial charge on any atom is 0.251 e. The Labute approximate surface area is 115 Å². The summed E-state index contributed by atoms with van der Waals surface area (Å²) in [7, 11) is 0. The van der Waals surface area contributed by atoms with E-state index in [-0.39, 0.29) is 0 Å². The molecule has 2 aromatic rings. The van der Waals surface area contributed by atoms with Crippen LogP contribution in [0.2, 0.25) is 0 Å². The standard InChI is InChI=1S/C15H13NO4/c17-14(18)10-16-15(19)11-6-8-13(9-7-11)20-12-4-2-1-3-5-12/h1-9H,10H2,(H,16,19)(H,17,18)/p-1. The van der Waals surface area contributed by atoms with Crippen molar-refractivity contribution in [3.05, 3.63) is 60.2 Å².